The van der Waals surface area contributed by atoms with Crippen LogP contribution in [0.1, 0.15) is 56.5 Å². The molecular formula is C21H30F2N4O3. The number of guanidine groups is 1. The van der Waals surface area contributed by atoms with Crippen molar-refractivity contribution in [1.29, 1.82) is 0 Å². The highest BCUT2D eigenvalue weighted by Gasteiger charge is 2.14. The van der Waals surface area contributed by atoms with Crippen LogP contribution in [-0.4, -0.2) is 31.4 Å². The van der Waals surface area contributed by atoms with Gasteiger partial charge >= 0.3 is 6.61 Å². The summed E-state index contributed by atoms with van der Waals surface area (Å²) in [5.41, 5.74) is 1.67. The first-order valence-electron chi connectivity index (χ1n) is 10.1. The fraction of sp³-hybridized carbons (Fsp3) is 0.524. The molecule has 0 aliphatic rings. The minimum Gasteiger partial charge on any atom is -0.493 e. The number of methoxy groups -OCH3 is 1. The average molecular weight is 424 g/mol. The zero-order valence-corrected chi connectivity index (χ0v) is 17.9. The number of aromatic nitrogens is 1. The Morgan fingerprint density at radius 1 is 1.13 bits per heavy atom. The first kappa shape index (κ1) is 23.4. The summed E-state index contributed by atoms with van der Waals surface area (Å²) >= 11 is 0. The topological polar surface area (TPSA) is 80.9 Å². The lowest BCUT2D eigenvalue weighted by molar-refractivity contribution is -0.0512. The number of ether oxygens (including phenoxy) is 2. The molecule has 30 heavy (non-hydrogen) atoms. The lowest BCUT2D eigenvalue weighted by atomic mass is 9.99. The van der Waals surface area contributed by atoms with Gasteiger partial charge in [-0.25, -0.2) is 4.99 Å². The van der Waals surface area contributed by atoms with Crippen LogP contribution in [-0.2, 0) is 13.1 Å². The highest BCUT2D eigenvalue weighted by Crippen LogP contribution is 2.29. The van der Waals surface area contributed by atoms with Crippen molar-refractivity contribution >= 4 is 5.96 Å². The molecule has 0 amide bonds. The summed E-state index contributed by atoms with van der Waals surface area (Å²) in [6.45, 7) is 4.67. The first-order chi connectivity index (χ1) is 14.5. The van der Waals surface area contributed by atoms with Crippen LogP contribution in [0, 0.1) is 0 Å². The van der Waals surface area contributed by atoms with Crippen LogP contribution in [0.3, 0.4) is 0 Å². The largest absolute Gasteiger partial charge is 0.493 e. The second-order valence-corrected chi connectivity index (χ2v) is 6.64. The minimum absolute atomic E-state index is 0.0197. The molecule has 0 bridgehead atoms. The molecule has 166 valence electrons. The fourth-order valence-electron chi connectivity index (χ4n) is 3.00. The van der Waals surface area contributed by atoms with E-state index in [2.05, 4.69) is 39.4 Å². The van der Waals surface area contributed by atoms with Gasteiger partial charge in [0, 0.05) is 18.5 Å². The molecule has 0 atom stereocenters. The molecule has 2 rings (SSSR count). The minimum atomic E-state index is -2.93. The van der Waals surface area contributed by atoms with Gasteiger partial charge in [0.1, 0.15) is 0 Å². The smallest absolute Gasteiger partial charge is 0.387 e. The van der Waals surface area contributed by atoms with Crippen molar-refractivity contribution in [3.8, 4) is 11.5 Å². The molecule has 1 aromatic heterocycles. The number of benzene rings is 1. The number of hydrogen-bond acceptors (Lipinski definition) is 5. The molecule has 0 aliphatic carbocycles. The summed E-state index contributed by atoms with van der Waals surface area (Å²) in [7, 11) is 1.40. The van der Waals surface area contributed by atoms with E-state index in [0.29, 0.717) is 30.5 Å². The third-order valence-electron chi connectivity index (χ3n) is 4.62. The summed E-state index contributed by atoms with van der Waals surface area (Å²) < 4.78 is 40.2. The Balaban J connectivity index is 2.04. The summed E-state index contributed by atoms with van der Waals surface area (Å²) in [6, 6.07) is 6.79. The number of aliphatic imine (C=N–C) groups is 1. The van der Waals surface area contributed by atoms with Crippen LogP contribution < -0.4 is 20.1 Å². The van der Waals surface area contributed by atoms with E-state index < -0.39 is 6.61 Å². The number of halogens is 2. The van der Waals surface area contributed by atoms with Gasteiger partial charge in [-0.3, -0.25) is 0 Å². The summed E-state index contributed by atoms with van der Waals surface area (Å²) in [5.74, 6) is 1.91. The van der Waals surface area contributed by atoms with Crippen LogP contribution in [0.5, 0.6) is 11.5 Å². The Bertz CT molecular complexity index is 807. The third-order valence-corrected chi connectivity index (χ3v) is 4.62. The van der Waals surface area contributed by atoms with Crippen molar-refractivity contribution in [2.45, 2.75) is 59.2 Å². The van der Waals surface area contributed by atoms with E-state index in [4.69, 9.17) is 9.26 Å². The zero-order chi connectivity index (χ0) is 21.9. The Morgan fingerprint density at radius 2 is 1.90 bits per heavy atom. The van der Waals surface area contributed by atoms with Crippen molar-refractivity contribution in [3.63, 3.8) is 0 Å². The predicted octanol–water partition coefficient (Wildman–Crippen LogP) is 4.44. The maximum absolute atomic E-state index is 12.6. The van der Waals surface area contributed by atoms with Gasteiger partial charge in [-0.1, -0.05) is 25.1 Å². The van der Waals surface area contributed by atoms with Crippen LogP contribution in [0.15, 0.2) is 33.8 Å². The van der Waals surface area contributed by atoms with Crippen molar-refractivity contribution in [2.75, 3.05) is 13.7 Å². The van der Waals surface area contributed by atoms with Gasteiger partial charge in [0.25, 0.3) is 0 Å². The van der Waals surface area contributed by atoms with Crippen LogP contribution in [0.25, 0.3) is 0 Å². The summed E-state index contributed by atoms with van der Waals surface area (Å²) in [4.78, 5) is 4.50. The van der Waals surface area contributed by atoms with E-state index in [9.17, 15) is 8.78 Å². The average Bonchev–Trinajstić information content (AvgIpc) is 3.19. The number of alkyl halides is 2. The molecular weight excluding hydrogens is 394 g/mol. The molecule has 7 nitrogen and oxygen atoms in total. The van der Waals surface area contributed by atoms with Gasteiger partial charge in [-0.05, 0) is 37.5 Å². The highest BCUT2D eigenvalue weighted by molar-refractivity contribution is 5.79. The van der Waals surface area contributed by atoms with Gasteiger partial charge in [0.05, 0.1) is 25.9 Å². The third kappa shape index (κ3) is 6.89. The van der Waals surface area contributed by atoms with E-state index >= 15 is 0 Å². The highest BCUT2D eigenvalue weighted by atomic mass is 19.3. The summed E-state index contributed by atoms with van der Waals surface area (Å²) in [5, 5.41) is 10.5. The molecule has 2 aromatic rings. The normalized spacial score (nSPS) is 11.8. The van der Waals surface area contributed by atoms with Crippen LogP contribution in [0.4, 0.5) is 8.78 Å². The van der Waals surface area contributed by atoms with Gasteiger partial charge in [-0.15, -0.1) is 0 Å². The molecule has 0 saturated heterocycles. The van der Waals surface area contributed by atoms with Crippen LogP contribution >= 0.6 is 0 Å². The Labute approximate surface area is 175 Å². The number of nitrogens with one attached hydrogen (secondary N) is 2. The van der Waals surface area contributed by atoms with Gasteiger partial charge in [0.15, 0.2) is 23.2 Å². The van der Waals surface area contributed by atoms with Crippen molar-refractivity contribution < 1.29 is 22.8 Å². The lowest BCUT2D eigenvalue weighted by Gasteiger charge is -2.12. The molecule has 0 fully saturated rings. The standard InChI is InChI=1S/C21H30F2N4O3/c1-5-15(6-2)17-11-16(30-27-17)13-26-21(24-7-3)25-12-14-8-9-18(28-4)19(10-14)29-20(22)23/h8-11,15,20H,5-7,12-13H2,1-4H3,(H2,24,25,26). The van der Waals surface area contributed by atoms with E-state index in [0.717, 1.165) is 24.3 Å². The molecule has 0 aliphatic heterocycles. The fourth-order valence-corrected chi connectivity index (χ4v) is 3.00. The molecule has 0 radical (unpaired) electrons. The predicted molar refractivity (Wildman–Crippen MR) is 111 cm³/mol. The molecule has 9 heteroatoms. The molecule has 1 heterocycles. The first-order valence-corrected chi connectivity index (χ1v) is 10.1. The molecule has 2 N–H and O–H groups in total. The quantitative estimate of drug-likeness (QED) is 0.410. The lowest BCUT2D eigenvalue weighted by Crippen LogP contribution is -2.36. The number of rotatable bonds is 11. The zero-order valence-electron chi connectivity index (χ0n) is 17.9. The van der Waals surface area contributed by atoms with Crippen molar-refractivity contribution in [2.24, 2.45) is 4.99 Å². The Morgan fingerprint density at radius 3 is 2.53 bits per heavy atom. The Kier molecular flexibility index (Phi) is 9.37. The van der Waals surface area contributed by atoms with E-state index in [1.807, 2.05) is 13.0 Å². The SMILES string of the molecule is CCNC(=NCc1ccc(OC)c(OC(F)F)c1)NCc1cc(C(CC)CC)no1. The van der Waals surface area contributed by atoms with Gasteiger partial charge < -0.3 is 24.6 Å². The Hall–Kier alpha value is -2.84. The number of hydrogen-bond donors (Lipinski definition) is 2. The van der Waals surface area contributed by atoms with E-state index in [-0.39, 0.29) is 18.0 Å². The molecule has 0 spiro atoms. The van der Waals surface area contributed by atoms with Crippen molar-refractivity contribution in [1.82, 2.24) is 15.8 Å². The maximum atomic E-state index is 12.6. The number of nitrogens with zero attached hydrogens (tertiary/aromatic N) is 2. The van der Waals surface area contributed by atoms with Crippen molar-refractivity contribution in [3.05, 3.63) is 41.3 Å². The second kappa shape index (κ2) is 12.0. The van der Waals surface area contributed by atoms with Gasteiger partial charge in [-0.2, -0.15) is 8.78 Å². The maximum Gasteiger partial charge on any atom is 0.387 e. The van der Waals surface area contributed by atoms with Crippen LogP contribution in [0.2, 0.25) is 0 Å². The van der Waals surface area contributed by atoms with Gasteiger partial charge in [0.2, 0.25) is 0 Å². The molecule has 0 saturated carbocycles. The summed E-state index contributed by atoms with van der Waals surface area (Å²) in [6.07, 6.45) is 2.03. The second-order valence-electron chi connectivity index (χ2n) is 6.64. The monoisotopic (exact) mass is 424 g/mol. The van der Waals surface area contributed by atoms with E-state index in [1.54, 1.807) is 12.1 Å². The molecule has 0 unspecified atom stereocenters. The van der Waals surface area contributed by atoms with E-state index in [1.165, 1.54) is 13.2 Å². The molecule has 1 aromatic carbocycles.